The standard InChI is InChI=1S/C14H26N4O/c1-11(2)18-9-12(8-16-18)13(7-15)17-5-6-19-10-14(17,3)4/h8-9,11,13H,5-7,10,15H2,1-4H3. The van der Waals surface area contributed by atoms with Gasteiger partial charge in [0.1, 0.15) is 0 Å². The molecule has 1 saturated heterocycles. The van der Waals surface area contributed by atoms with Crippen molar-refractivity contribution in [3.05, 3.63) is 18.0 Å². The van der Waals surface area contributed by atoms with Crippen LogP contribution in [-0.4, -0.2) is 46.5 Å². The SMILES string of the molecule is CC(C)n1cc(C(CN)N2CCOCC2(C)C)cn1. The molecule has 2 N–H and O–H groups in total. The Balaban J connectivity index is 2.22. The van der Waals surface area contributed by atoms with Gasteiger partial charge in [0.15, 0.2) is 0 Å². The van der Waals surface area contributed by atoms with Gasteiger partial charge in [-0.25, -0.2) is 0 Å². The van der Waals surface area contributed by atoms with Crippen LogP contribution in [0.25, 0.3) is 0 Å². The van der Waals surface area contributed by atoms with Crippen molar-refractivity contribution in [2.75, 3.05) is 26.3 Å². The molecule has 1 aromatic heterocycles. The number of nitrogens with two attached hydrogens (primary N) is 1. The Bertz CT molecular complexity index is 413. The second-order valence-electron chi connectivity index (χ2n) is 6.16. The molecule has 0 aliphatic carbocycles. The quantitative estimate of drug-likeness (QED) is 0.899. The first-order chi connectivity index (χ1) is 8.95. The summed E-state index contributed by atoms with van der Waals surface area (Å²) in [5, 5.41) is 4.43. The molecule has 5 heteroatoms. The van der Waals surface area contributed by atoms with Gasteiger partial charge in [0, 0.05) is 36.4 Å². The predicted octanol–water partition coefficient (Wildman–Crippen LogP) is 1.57. The van der Waals surface area contributed by atoms with Crippen LogP contribution < -0.4 is 5.73 Å². The molecule has 0 saturated carbocycles. The summed E-state index contributed by atoms with van der Waals surface area (Å²) in [5.74, 6) is 0. The lowest BCUT2D eigenvalue weighted by Gasteiger charge is -2.46. The van der Waals surface area contributed by atoms with E-state index in [9.17, 15) is 0 Å². The zero-order chi connectivity index (χ0) is 14.0. The zero-order valence-electron chi connectivity index (χ0n) is 12.5. The van der Waals surface area contributed by atoms with E-state index in [2.05, 4.69) is 43.9 Å². The Kier molecular flexibility index (Phi) is 4.28. The molecule has 1 aromatic rings. The lowest BCUT2D eigenvalue weighted by molar-refractivity contribution is -0.0712. The van der Waals surface area contributed by atoms with Crippen molar-refractivity contribution in [1.29, 1.82) is 0 Å². The molecule has 0 radical (unpaired) electrons. The minimum Gasteiger partial charge on any atom is -0.378 e. The first-order valence-electron chi connectivity index (χ1n) is 7.04. The highest BCUT2D eigenvalue weighted by molar-refractivity contribution is 5.13. The normalized spacial score (nSPS) is 21.8. The van der Waals surface area contributed by atoms with Crippen LogP contribution in [0, 0.1) is 0 Å². The maximum absolute atomic E-state index is 6.02. The lowest BCUT2D eigenvalue weighted by atomic mass is 9.97. The van der Waals surface area contributed by atoms with Gasteiger partial charge >= 0.3 is 0 Å². The Morgan fingerprint density at radius 2 is 2.21 bits per heavy atom. The van der Waals surface area contributed by atoms with Crippen molar-refractivity contribution in [3.63, 3.8) is 0 Å². The third-order valence-corrected chi connectivity index (χ3v) is 3.84. The van der Waals surface area contributed by atoms with Crippen molar-refractivity contribution in [2.24, 2.45) is 5.73 Å². The van der Waals surface area contributed by atoms with E-state index in [0.29, 0.717) is 12.6 Å². The van der Waals surface area contributed by atoms with E-state index < -0.39 is 0 Å². The molecule has 0 amide bonds. The van der Waals surface area contributed by atoms with E-state index in [4.69, 9.17) is 10.5 Å². The van der Waals surface area contributed by atoms with Crippen molar-refractivity contribution in [3.8, 4) is 0 Å². The summed E-state index contributed by atoms with van der Waals surface area (Å²) in [7, 11) is 0. The summed E-state index contributed by atoms with van der Waals surface area (Å²) in [5.41, 5.74) is 7.24. The number of hydrogen-bond acceptors (Lipinski definition) is 4. The van der Waals surface area contributed by atoms with Gasteiger partial charge in [-0.15, -0.1) is 0 Å². The summed E-state index contributed by atoms with van der Waals surface area (Å²) in [6.45, 7) is 11.7. The average molecular weight is 266 g/mol. The minimum absolute atomic E-state index is 0.0161. The average Bonchev–Trinajstić information content (AvgIpc) is 2.81. The molecule has 0 bridgehead atoms. The summed E-state index contributed by atoms with van der Waals surface area (Å²) in [6, 6.07) is 0.594. The van der Waals surface area contributed by atoms with E-state index >= 15 is 0 Å². The monoisotopic (exact) mass is 266 g/mol. The fourth-order valence-corrected chi connectivity index (χ4v) is 2.70. The molecule has 1 unspecified atom stereocenters. The molecule has 108 valence electrons. The number of rotatable bonds is 4. The second-order valence-corrected chi connectivity index (χ2v) is 6.16. The van der Waals surface area contributed by atoms with Gasteiger partial charge in [-0.1, -0.05) is 0 Å². The third-order valence-electron chi connectivity index (χ3n) is 3.84. The minimum atomic E-state index is 0.0161. The lowest BCUT2D eigenvalue weighted by Crippen LogP contribution is -2.55. The van der Waals surface area contributed by atoms with Crippen LogP contribution in [0.3, 0.4) is 0 Å². The first-order valence-corrected chi connectivity index (χ1v) is 7.04. The van der Waals surface area contributed by atoms with Crippen LogP contribution in [0.15, 0.2) is 12.4 Å². The Morgan fingerprint density at radius 1 is 1.47 bits per heavy atom. The van der Waals surface area contributed by atoms with Gasteiger partial charge in [0.25, 0.3) is 0 Å². The highest BCUT2D eigenvalue weighted by atomic mass is 16.5. The Labute approximate surface area is 115 Å². The Hall–Kier alpha value is -0.910. The molecule has 1 atom stereocenters. The largest absolute Gasteiger partial charge is 0.378 e. The molecule has 1 aliphatic rings. The highest BCUT2D eigenvalue weighted by Gasteiger charge is 2.36. The fourth-order valence-electron chi connectivity index (χ4n) is 2.70. The highest BCUT2D eigenvalue weighted by Crippen LogP contribution is 2.30. The van der Waals surface area contributed by atoms with Gasteiger partial charge in [-0.3, -0.25) is 9.58 Å². The third kappa shape index (κ3) is 2.99. The molecule has 2 rings (SSSR count). The van der Waals surface area contributed by atoms with Gasteiger partial charge in [0.05, 0.1) is 25.5 Å². The van der Waals surface area contributed by atoms with Crippen LogP contribution in [0.5, 0.6) is 0 Å². The van der Waals surface area contributed by atoms with Gasteiger partial charge in [-0.05, 0) is 27.7 Å². The van der Waals surface area contributed by atoms with Crippen LogP contribution in [0.2, 0.25) is 0 Å². The molecule has 0 aromatic carbocycles. The first kappa shape index (κ1) is 14.5. The van der Waals surface area contributed by atoms with E-state index in [0.717, 1.165) is 19.8 Å². The number of hydrogen-bond donors (Lipinski definition) is 1. The molecule has 5 nitrogen and oxygen atoms in total. The van der Waals surface area contributed by atoms with E-state index in [1.807, 2.05) is 10.9 Å². The molecule has 0 spiro atoms. The van der Waals surface area contributed by atoms with Crippen LogP contribution in [-0.2, 0) is 4.74 Å². The maximum Gasteiger partial charge on any atom is 0.0645 e. The number of morpholine rings is 1. The molecule has 2 heterocycles. The van der Waals surface area contributed by atoms with Crippen molar-refractivity contribution in [2.45, 2.75) is 45.3 Å². The number of aromatic nitrogens is 2. The summed E-state index contributed by atoms with van der Waals surface area (Å²) < 4.78 is 7.58. The summed E-state index contributed by atoms with van der Waals surface area (Å²) in [6.07, 6.45) is 4.07. The number of nitrogens with zero attached hydrogens (tertiary/aromatic N) is 3. The van der Waals surface area contributed by atoms with E-state index in [1.54, 1.807) is 0 Å². The fraction of sp³-hybridized carbons (Fsp3) is 0.786. The predicted molar refractivity (Wildman–Crippen MR) is 76.0 cm³/mol. The summed E-state index contributed by atoms with van der Waals surface area (Å²) in [4.78, 5) is 2.44. The van der Waals surface area contributed by atoms with Crippen LogP contribution in [0.4, 0.5) is 0 Å². The molecule has 19 heavy (non-hydrogen) atoms. The van der Waals surface area contributed by atoms with Crippen LogP contribution >= 0.6 is 0 Å². The molecular weight excluding hydrogens is 240 g/mol. The van der Waals surface area contributed by atoms with Crippen LogP contribution in [0.1, 0.15) is 45.3 Å². The van der Waals surface area contributed by atoms with E-state index in [1.165, 1.54) is 5.56 Å². The number of ether oxygens (including phenoxy) is 1. The van der Waals surface area contributed by atoms with Crippen molar-refractivity contribution in [1.82, 2.24) is 14.7 Å². The smallest absolute Gasteiger partial charge is 0.0645 e. The van der Waals surface area contributed by atoms with E-state index in [-0.39, 0.29) is 11.6 Å². The van der Waals surface area contributed by atoms with Crippen molar-refractivity contribution >= 4 is 0 Å². The second kappa shape index (κ2) is 5.61. The van der Waals surface area contributed by atoms with Gasteiger partial charge in [0.2, 0.25) is 0 Å². The maximum atomic E-state index is 6.02. The topological polar surface area (TPSA) is 56.3 Å². The molecular formula is C14H26N4O. The van der Waals surface area contributed by atoms with Gasteiger partial charge < -0.3 is 10.5 Å². The van der Waals surface area contributed by atoms with Gasteiger partial charge in [-0.2, -0.15) is 5.10 Å². The molecule has 1 fully saturated rings. The summed E-state index contributed by atoms with van der Waals surface area (Å²) >= 11 is 0. The zero-order valence-corrected chi connectivity index (χ0v) is 12.5. The Morgan fingerprint density at radius 3 is 2.74 bits per heavy atom. The molecule has 1 aliphatic heterocycles. The van der Waals surface area contributed by atoms with Crippen molar-refractivity contribution < 1.29 is 4.74 Å².